The molecule has 0 saturated heterocycles. The van der Waals surface area contributed by atoms with Crippen LogP contribution >= 0.6 is 11.6 Å². The number of imidazole rings is 1. The van der Waals surface area contributed by atoms with E-state index in [1.54, 1.807) is 0 Å². The summed E-state index contributed by atoms with van der Waals surface area (Å²) in [4.78, 5) is 4.23. The van der Waals surface area contributed by atoms with Gasteiger partial charge in [0.15, 0.2) is 0 Å². The summed E-state index contributed by atoms with van der Waals surface area (Å²) in [5, 5.41) is 0.814. The minimum Gasteiger partial charge on any atom is -0.335 e. The number of hydrogen-bond acceptors (Lipinski definition) is 1. The molecule has 0 aliphatic heterocycles. The van der Waals surface area contributed by atoms with Crippen LogP contribution in [0, 0.1) is 6.92 Å². The molecule has 0 spiro atoms. The van der Waals surface area contributed by atoms with E-state index in [1.807, 2.05) is 49.9 Å². The summed E-state index contributed by atoms with van der Waals surface area (Å²) in [6.45, 7) is 2.91. The van der Waals surface area contributed by atoms with Gasteiger partial charge in [0, 0.05) is 42.0 Å². The van der Waals surface area contributed by atoms with Crippen molar-refractivity contribution in [2.45, 2.75) is 19.9 Å². The number of aryl methyl sites for hydroxylation is 3. The Labute approximate surface area is 123 Å². The zero-order valence-corrected chi connectivity index (χ0v) is 12.1. The van der Waals surface area contributed by atoms with E-state index < -0.39 is 0 Å². The molecule has 1 aromatic carbocycles. The summed E-state index contributed by atoms with van der Waals surface area (Å²) in [5.74, 6) is 1.03. The largest absolute Gasteiger partial charge is 0.335 e. The first-order valence-electron chi connectivity index (χ1n) is 6.63. The molecule has 0 bridgehead atoms. The molecule has 20 heavy (non-hydrogen) atoms. The van der Waals surface area contributed by atoms with Crippen molar-refractivity contribution in [3.8, 4) is 5.69 Å². The van der Waals surface area contributed by atoms with Crippen molar-refractivity contribution in [1.82, 2.24) is 14.1 Å². The summed E-state index contributed by atoms with van der Waals surface area (Å²) < 4.78 is 4.19. The molecule has 0 aliphatic carbocycles. The summed E-state index contributed by atoms with van der Waals surface area (Å²) in [7, 11) is 0. The number of rotatable bonds is 4. The molecule has 0 aliphatic rings. The van der Waals surface area contributed by atoms with E-state index in [9.17, 15) is 0 Å². The predicted molar refractivity (Wildman–Crippen MR) is 81.4 cm³/mol. The highest BCUT2D eigenvalue weighted by molar-refractivity contribution is 6.31. The van der Waals surface area contributed by atoms with Gasteiger partial charge in [-0.2, -0.15) is 0 Å². The van der Waals surface area contributed by atoms with Crippen LogP contribution in [0.15, 0.2) is 55.1 Å². The van der Waals surface area contributed by atoms with Crippen LogP contribution in [0.4, 0.5) is 0 Å². The smallest absolute Gasteiger partial charge is 0.105 e. The van der Waals surface area contributed by atoms with E-state index in [1.165, 1.54) is 0 Å². The molecular formula is C16H16ClN3. The molecule has 4 heteroatoms. The van der Waals surface area contributed by atoms with Gasteiger partial charge in [-0.15, -0.1) is 0 Å². The van der Waals surface area contributed by atoms with Gasteiger partial charge < -0.3 is 9.13 Å². The minimum atomic E-state index is 0.814. The third-order valence-corrected chi connectivity index (χ3v) is 3.84. The lowest BCUT2D eigenvalue weighted by molar-refractivity contribution is 0.673. The maximum absolute atomic E-state index is 6.39. The van der Waals surface area contributed by atoms with Crippen LogP contribution in [0.25, 0.3) is 5.69 Å². The maximum atomic E-state index is 6.39. The van der Waals surface area contributed by atoms with Gasteiger partial charge in [0.2, 0.25) is 0 Å². The van der Waals surface area contributed by atoms with Crippen molar-refractivity contribution in [3.63, 3.8) is 0 Å². The maximum Gasteiger partial charge on any atom is 0.105 e. The van der Waals surface area contributed by atoms with Gasteiger partial charge in [-0.1, -0.05) is 17.7 Å². The van der Waals surface area contributed by atoms with Crippen molar-refractivity contribution in [2.75, 3.05) is 0 Å². The quantitative estimate of drug-likeness (QED) is 0.713. The topological polar surface area (TPSA) is 22.8 Å². The fraction of sp³-hybridized carbons (Fsp3) is 0.188. The molecule has 0 unspecified atom stereocenters. The van der Waals surface area contributed by atoms with Gasteiger partial charge in [-0.3, -0.25) is 0 Å². The second-order valence-corrected chi connectivity index (χ2v) is 5.19. The van der Waals surface area contributed by atoms with Gasteiger partial charge >= 0.3 is 0 Å². The molecule has 2 aromatic heterocycles. The number of aromatic nitrogens is 3. The van der Waals surface area contributed by atoms with Gasteiger partial charge in [0.25, 0.3) is 0 Å². The van der Waals surface area contributed by atoms with E-state index in [0.29, 0.717) is 0 Å². The lowest BCUT2D eigenvalue weighted by atomic mass is 10.1. The Morgan fingerprint density at radius 2 is 1.95 bits per heavy atom. The molecule has 102 valence electrons. The van der Waals surface area contributed by atoms with Gasteiger partial charge in [-0.25, -0.2) is 4.98 Å². The summed E-state index contributed by atoms with van der Waals surface area (Å²) in [6.07, 6.45) is 8.76. The molecule has 0 fully saturated rings. The van der Waals surface area contributed by atoms with Crippen molar-refractivity contribution in [2.24, 2.45) is 0 Å². The van der Waals surface area contributed by atoms with Gasteiger partial charge in [-0.05, 0) is 43.2 Å². The first kappa shape index (κ1) is 13.0. The first-order chi connectivity index (χ1) is 9.74. The standard InChI is InChI=1S/C16H16ClN3/c1-13-18-7-11-19(13)10-6-14-4-5-15(12-16(14)17)20-8-2-3-9-20/h2-5,7-9,11-12H,6,10H2,1H3. The molecule has 0 saturated carbocycles. The Hall–Kier alpha value is -2.00. The average Bonchev–Trinajstić information content (AvgIpc) is 3.09. The molecule has 0 radical (unpaired) electrons. The molecule has 3 nitrogen and oxygen atoms in total. The lowest BCUT2D eigenvalue weighted by Gasteiger charge is -2.09. The molecule has 0 amide bonds. The molecule has 3 aromatic rings. The monoisotopic (exact) mass is 285 g/mol. The zero-order valence-electron chi connectivity index (χ0n) is 11.3. The van der Waals surface area contributed by atoms with Crippen molar-refractivity contribution in [3.05, 3.63) is 71.5 Å². The summed E-state index contributed by atoms with van der Waals surface area (Å²) in [6, 6.07) is 10.2. The van der Waals surface area contributed by atoms with Crippen molar-refractivity contribution in [1.29, 1.82) is 0 Å². The fourth-order valence-electron chi connectivity index (χ4n) is 2.29. The molecule has 2 heterocycles. The summed E-state index contributed by atoms with van der Waals surface area (Å²) >= 11 is 6.39. The van der Waals surface area contributed by atoms with E-state index >= 15 is 0 Å². The number of hydrogen-bond donors (Lipinski definition) is 0. The van der Waals surface area contributed by atoms with Crippen molar-refractivity contribution >= 4 is 11.6 Å². The second-order valence-electron chi connectivity index (χ2n) is 4.78. The van der Waals surface area contributed by atoms with Crippen LogP contribution < -0.4 is 0 Å². The van der Waals surface area contributed by atoms with Gasteiger partial charge in [0.05, 0.1) is 0 Å². The van der Waals surface area contributed by atoms with Crippen LogP contribution in [-0.4, -0.2) is 14.1 Å². The van der Waals surface area contributed by atoms with Crippen molar-refractivity contribution < 1.29 is 0 Å². The highest BCUT2D eigenvalue weighted by Crippen LogP contribution is 2.21. The van der Waals surface area contributed by atoms with Gasteiger partial charge in [0.1, 0.15) is 5.82 Å². The van der Waals surface area contributed by atoms with Crippen LogP contribution in [0.1, 0.15) is 11.4 Å². The highest BCUT2D eigenvalue weighted by Gasteiger charge is 2.04. The molecular weight excluding hydrogens is 270 g/mol. The third kappa shape index (κ3) is 2.63. The number of nitrogens with zero attached hydrogens (tertiary/aromatic N) is 3. The van der Waals surface area contributed by atoms with E-state index in [0.717, 1.165) is 35.1 Å². The highest BCUT2D eigenvalue weighted by atomic mass is 35.5. The SMILES string of the molecule is Cc1nccn1CCc1ccc(-n2cccc2)cc1Cl. The second kappa shape index (κ2) is 5.55. The van der Waals surface area contributed by atoms with E-state index in [2.05, 4.69) is 26.3 Å². The number of benzene rings is 1. The fourth-order valence-corrected chi connectivity index (χ4v) is 2.56. The zero-order chi connectivity index (χ0) is 13.9. The predicted octanol–water partition coefficient (Wildman–Crippen LogP) is 3.88. The Morgan fingerprint density at radius 1 is 1.15 bits per heavy atom. The Balaban J connectivity index is 1.76. The number of halogens is 1. The van der Waals surface area contributed by atoms with E-state index in [-0.39, 0.29) is 0 Å². The normalized spacial score (nSPS) is 10.9. The summed E-state index contributed by atoms with van der Waals surface area (Å²) in [5.41, 5.74) is 2.25. The Kier molecular flexibility index (Phi) is 3.61. The first-order valence-corrected chi connectivity index (χ1v) is 7.01. The Morgan fingerprint density at radius 3 is 2.60 bits per heavy atom. The lowest BCUT2D eigenvalue weighted by Crippen LogP contribution is -2.03. The molecule has 3 rings (SSSR count). The van der Waals surface area contributed by atoms with Crippen LogP contribution in [0.3, 0.4) is 0 Å². The molecule has 0 atom stereocenters. The van der Waals surface area contributed by atoms with E-state index in [4.69, 9.17) is 11.6 Å². The minimum absolute atomic E-state index is 0.814. The average molecular weight is 286 g/mol. The van der Waals surface area contributed by atoms with Crippen LogP contribution in [0.2, 0.25) is 5.02 Å². The third-order valence-electron chi connectivity index (χ3n) is 3.48. The van der Waals surface area contributed by atoms with Crippen LogP contribution in [-0.2, 0) is 13.0 Å². The van der Waals surface area contributed by atoms with Crippen LogP contribution in [0.5, 0.6) is 0 Å². The molecule has 0 N–H and O–H groups in total. The Bertz CT molecular complexity index is 698.